The van der Waals surface area contributed by atoms with Gasteiger partial charge in [-0.1, -0.05) is 11.3 Å². The third-order valence-corrected chi connectivity index (χ3v) is 4.91. The highest BCUT2D eigenvalue weighted by molar-refractivity contribution is 7.89. The minimum absolute atomic E-state index is 0.114. The molecular weight excluding hydrogens is 274 g/mol. The van der Waals surface area contributed by atoms with Gasteiger partial charge >= 0.3 is 5.00 Å². The van der Waals surface area contributed by atoms with Crippen LogP contribution < -0.4 is 5.73 Å². The fourth-order valence-corrected chi connectivity index (χ4v) is 3.76. The van der Waals surface area contributed by atoms with E-state index in [-0.39, 0.29) is 18.8 Å². The van der Waals surface area contributed by atoms with E-state index in [0.29, 0.717) is 0 Å². The maximum atomic E-state index is 11.8. The Morgan fingerprint density at radius 1 is 1.38 bits per heavy atom. The summed E-state index contributed by atoms with van der Waals surface area (Å²) >= 11 is 1.70. The van der Waals surface area contributed by atoms with Crippen LogP contribution in [0.15, 0.2) is 14.9 Å². The van der Waals surface area contributed by atoms with Gasteiger partial charge in [-0.3, -0.25) is 10.1 Å². The van der Waals surface area contributed by atoms with Crippen molar-refractivity contribution in [3.63, 3.8) is 0 Å². The van der Waals surface area contributed by atoms with Gasteiger partial charge in [-0.15, -0.1) is 10.2 Å². The molecule has 8 nitrogen and oxygen atoms in total. The van der Waals surface area contributed by atoms with E-state index in [0.717, 1.165) is 28.9 Å². The molecule has 0 spiro atoms. The molecule has 1 unspecified atom stereocenters. The minimum Gasteiger partial charge on any atom is -0.374 e. The van der Waals surface area contributed by atoms with E-state index in [1.165, 1.54) is 0 Å². The van der Waals surface area contributed by atoms with Crippen molar-refractivity contribution < 1.29 is 9.13 Å². The number of nitrogen functional groups attached to an aromatic ring is 1. The van der Waals surface area contributed by atoms with Crippen LogP contribution in [0.2, 0.25) is 0 Å². The van der Waals surface area contributed by atoms with E-state index in [1.54, 1.807) is 0 Å². The Morgan fingerprint density at radius 3 is 2.62 bits per heavy atom. The van der Waals surface area contributed by atoms with Crippen LogP contribution in [0.5, 0.6) is 0 Å². The molecule has 0 amide bonds. The third-order valence-electron chi connectivity index (χ3n) is 1.39. The molecule has 2 heterocycles. The van der Waals surface area contributed by atoms with Crippen molar-refractivity contribution in [3.05, 3.63) is 16.3 Å². The molecule has 2 aromatic rings. The number of hydrogen-bond acceptors (Lipinski definition) is 9. The van der Waals surface area contributed by atoms with Gasteiger partial charge in [0.25, 0.3) is 0 Å². The van der Waals surface area contributed by atoms with Crippen molar-refractivity contribution in [2.24, 2.45) is 0 Å². The lowest BCUT2D eigenvalue weighted by Gasteiger charge is -1.87. The quantitative estimate of drug-likeness (QED) is 0.644. The van der Waals surface area contributed by atoms with Gasteiger partial charge < -0.3 is 5.73 Å². The minimum atomic E-state index is -1.65. The second kappa shape index (κ2) is 4.19. The summed E-state index contributed by atoms with van der Waals surface area (Å²) in [5.41, 5.74) is 5.33. The van der Waals surface area contributed by atoms with Gasteiger partial charge in [-0.05, 0) is 11.3 Å². The van der Waals surface area contributed by atoms with Crippen LogP contribution in [-0.4, -0.2) is 24.3 Å². The molecule has 2 aromatic heterocycles. The zero-order valence-corrected chi connectivity index (χ0v) is 9.84. The number of nitrogens with zero attached hydrogens (tertiary/aromatic N) is 4. The standard InChI is InChI=1S/C5H3N5O3S3/c6-3-8-9-5(15-3)16(13)4-7-1-2(14-4)10(11)12/h1H,(H2,6,8). The van der Waals surface area contributed by atoms with E-state index < -0.39 is 15.7 Å². The van der Waals surface area contributed by atoms with E-state index in [4.69, 9.17) is 5.73 Å². The molecule has 0 saturated carbocycles. The number of rotatable bonds is 3. The van der Waals surface area contributed by atoms with Crippen molar-refractivity contribution in [2.75, 3.05) is 5.73 Å². The lowest BCUT2D eigenvalue weighted by molar-refractivity contribution is -0.380. The Bertz CT molecular complexity index is 563. The predicted molar refractivity (Wildman–Crippen MR) is 57.8 cm³/mol. The summed E-state index contributed by atoms with van der Waals surface area (Å²) in [6.45, 7) is 0. The number of thiazole rings is 1. The van der Waals surface area contributed by atoms with E-state index in [1.807, 2.05) is 0 Å². The van der Waals surface area contributed by atoms with E-state index >= 15 is 0 Å². The number of anilines is 1. The topological polar surface area (TPSA) is 125 Å². The fraction of sp³-hybridized carbons (Fsp3) is 0. The summed E-state index contributed by atoms with van der Waals surface area (Å²) in [7, 11) is -1.65. The van der Waals surface area contributed by atoms with Gasteiger partial charge in [0.1, 0.15) is 17.0 Å². The van der Waals surface area contributed by atoms with Gasteiger partial charge in [0.2, 0.25) is 9.47 Å². The highest BCUT2D eigenvalue weighted by Crippen LogP contribution is 2.28. The second-order valence-electron chi connectivity index (χ2n) is 2.40. The Labute approximate surface area is 98.8 Å². The van der Waals surface area contributed by atoms with Crippen LogP contribution in [0.25, 0.3) is 0 Å². The summed E-state index contributed by atoms with van der Waals surface area (Å²) in [4.78, 5) is 13.5. The molecule has 0 saturated heterocycles. The smallest absolute Gasteiger partial charge is 0.344 e. The fourth-order valence-electron chi connectivity index (χ4n) is 0.790. The Balaban J connectivity index is 2.30. The number of aromatic nitrogens is 3. The predicted octanol–water partition coefficient (Wildman–Crippen LogP) is 0.652. The maximum Gasteiger partial charge on any atom is 0.344 e. The molecule has 2 N–H and O–H groups in total. The Morgan fingerprint density at radius 2 is 2.12 bits per heavy atom. The molecule has 16 heavy (non-hydrogen) atoms. The van der Waals surface area contributed by atoms with Crippen molar-refractivity contribution in [3.8, 4) is 0 Å². The number of hydrogen-bond donors (Lipinski definition) is 1. The molecule has 0 aliphatic rings. The molecule has 2 rings (SSSR count). The molecule has 0 aromatic carbocycles. The highest BCUT2D eigenvalue weighted by atomic mass is 32.2. The summed E-state index contributed by atoms with van der Waals surface area (Å²) in [5.74, 6) is 0. The largest absolute Gasteiger partial charge is 0.374 e. The zero-order chi connectivity index (χ0) is 11.7. The lowest BCUT2D eigenvalue weighted by atomic mass is 10.9. The van der Waals surface area contributed by atoms with Crippen LogP contribution in [0.3, 0.4) is 0 Å². The highest BCUT2D eigenvalue weighted by Gasteiger charge is 2.20. The summed E-state index contributed by atoms with van der Waals surface area (Å²) in [6, 6.07) is 0. The molecule has 11 heteroatoms. The number of nitrogens with two attached hydrogens (primary N) is 1. The maximum absolute atomic E-state index is 11.8. The molecule has 84 valence electrons. The summed E-state index contributed by atoms with van der Waals surface area (Å²) in [6.07, 6.45) is 1.06. The Kier molecular flexibility index (Phi) is 2.89. The van der Waals surface area contributed by atoms with E-state index in [2.05, 4.69) is 15.2 Å². The summed E-state index contributed by atoms with van der Waals surface area (Å²) in [5, 5.41) is 17.5. The van der Waals surface area contributed by atoms with Crippen LogP contribution in [-0.2, 0) is 10.8 Å². The molecule has 0 fully saturated rings. The van der Waals surface area contributed by atoms with Crippen LogP contribution in [0.4, 0.5) is 10.1 Å². The average Bonchev–Trinajstić information content (AvgIpc) is 2.84. The van der Waals surface area contributed by atoms with Gasteiger partial charge in [-0.25, -0.2) is 9.19 Å². The molecule has 0 aliphatic heterocycles. The third kappa shape index (κ3) is 2.05. The normalized spacial score (nSPS) is 12.5. The molecule has 0 radical (unpaired) electrons. The number of nitro groups is 1. The van der Waals surface area contributed by atoms with Gasteiger partial charge in [0.15, 0.2) is 4.34 Å². The first-order chi connectivity index (χ1) is 7.58. The van der Waals surface area contributed by atoms with Crippen molar-refractivity contribution in [1.82, 2.24) is 15.2 Å². The molecule has 0 aliphatic carbocycles. The van der Waals surface area contributed by atoms with Gasteiger partial charge in [0.05, 0.1) is 4.92 Å². The van der Waals surface area contributed by atoms with Crippen molar-refractivity contribution in [2.45, 2.75) is 8.68 Å². The van der Waals surface area contributed by atoms with Gasteiger partial charge in [0, 0.05) is 0 Å². The monoisotopic (exact) mass is 277 g/mol. The molecule has 1 atom stereocenters. The van der Waals surface area contributed by atoms with E-state index in [9.17, 15) is 14.3 Å². The average molecular weight is 277 g/mol. The Hall–Kier alpha value is -1.46. The molecule has 0 bridgehead atoms. The van der Waals surface area contributed by atoms with Crippen molar-refractivity contribution in [1.29, 1.82) is 0 Å². The van der Waals surface area contributed by atoms with Crippen molar-refractivity contribution >= 4 is 43.6 Å². The first-order valence-corrected chi connectivity index (χ1v) is 6.47. The van der Waals surface area contributed by atoms with Gasteiger partial charge in [-0.2, -0.15) is 0 Å². The first kappa shape index (κ1) is 11.0. The van der Waals surface area contributed by atoms with Crippen LogP contribution in [0, 0.1) is 10.1 Å². The van der Waals surface area contributed by atoms with Crippen LogP contribution in [0.1, 0.15) is 0 Å². The lowest BCUT2D eigenvalue weighted by Crippen LogP contribution is -1.90. The van der Waals surface area contributed by atoms with Crippen LogP contribution >= 0.6 is 22.7 Å². The zero-order valence-electron chi connectivity index (χ0n) is 7.39. The SMILES string of the molecule is Nc1nnc(S(=O)c2ncc([N+](=O)[O-])s2)s1. The first-order valence-electron chi connectivity index (χ1n) is 3.69. The molecular formula is C5H3N5O3S3. The summed E-state index contributed by atoms with van der Waals surface area (Å²) < 4.78 is 12.1. The second-order valence-corrected chi connectivity index (χ2v) is 6.24.